The first-order valence-corrected chi connectivity index (χ1v) is 8.18. The molecule has 2 heterocycles. The van der Waals surface area contributed by atoms with E-state index in [2.05, 4.69) is 0 Å². The highest BCUT2D eigenvalue weighted by molar-refractivity contribution is 5.76. The summed E-state index contributed by atoms with van der Waals surface area (Å²) >= 11 is 0. The van der Waals surface area contributed by atoms with E-state index in [1.54, 1.807) is 0 Å². The molecule has 0 radical (unpaired) electrons. The van der Waals surface area contributed by atoms with Gasteiger partial charge in [-0.1, -0.05) is 0 Å². The van der Waals surface area contributed by atoms with Gasteiger partial charge in [0.2, 0.25) is 0 Å². The van der Waals surface area contributed by atoms with Crippen LogP contribution in [0.1, 0.15) is 19.8 Å². The Bertz CT molecular complexity index is 444. The van der Waals surface area contributed by atoms with Gasteiger partial charge < -0.3 is 44.8 Å². The SMILES string of the molecule is CC(=O)C[C@@H]1O[C@H](CO)[C@@H](O[C@H]2C[C@@H](O)[C@@H](O)[C@@H](CO)O2)[C@H](O)[C@H]1O. The number of rotatable bonds is 6. The fourth-order valence-corrected chi connectivity index (χ4v) is 3.11. The van der Waals surface area contributed by atoms with Crippen LogP contribution in [0.5, 0.6) is 0 Å². The number of aliphatic hydroxyl groups is 6. The second-order valence-corrected chi connectivity index (χ2v) is 6.46. The molecule has 0 aromatic heterocycles. The molecular formula is C15H26O10. The minimum absolute atomic E-state index is 0.126. The molecular weight excluding hydrogens is 340 g/mol. The van der Waals surface area contributed by atoms with Gasteiger partial charge in [-0.2, -0.15) is 0 Å². The molecule has 2 aliphatic rings. The Morgan fingerprint density at radius 2 is 1.60 bits per heavy atom. The maximum atomic E-state index is 11.2. The van der Waals surface area contributed by atoms with Crippen molar-refractivity contribution >= 4 is 5.78 Å². The number of aliphatic hydroxyl groups excluding tert-OH is 6. The fraction of sp³-hybridized carbons (Fsp3) is 0.933. The summed E-state index contributed by atoms with van der Waals surface area (Å²) in [6.45, 7) is 0.231. The summed E-state index contributed by atoms with van der Waals surface area (Å²) in [6, 6.07) is 0. The summed E-state index contributed by atoms with van der Waals surface area (Å²) in [7, 11) is 0. The van der Waals surface area contributed by atoms with Crippen molar-refractivity contribution < 1.29 is 49.6 Å². The molecule has 0 unspecified atom stereocenters. The van der Waals surface area contributed by atoms with Crippen LogP contribution < -0.4 is 0 Å². The molecule has 0 aromatic rings. The average Bonchev–Trinajstić information content (AvgIpc) is 2.57. The van der Waals surface area contributed by atoms with E-state index in [1.165, 1.54) is 6.92 Å². The predicted molar refractivity (Wildman–Crippen MR) is 80.3 cm³/mol. The van der Waals surface area contributed by atoms with Crippen LogP contribution in [-0.2, 0) is 19.0 Å². The Balaban J connectivity index is 2.06. The molecule has 0 aromatic carbocycles. The van der Waals surface area contributed by atoms with E-state index < -0.39 is 68.3 Å². The molecule has 6 N–H and O–H groups in total. The quantitative estimate of drug-likeness (QED) is 0.280. The summed E-state index contributed by atoms with van der Waals surface area (Å²) in [6.07, 6.45) is -11.0. The van der Waals surface area contributed by atoms with Crippen LogP contribution in [0.2, 0.25) is 0 Å². The maximum Gasteiger partial charge on any atom is 0.161 e. The molecule has 2 rings (SSSR count). The van der Waals surface area contributed by atoms with Gasteiger partial charge in [0.15, 0.2) is 6.29 Å². The van der Waals surface area contributed by atoms with E-state index in [9.17, 15) is 35.4 Å². The summed E-state index contributed by atoms with van der Waals surface area (Å²) in [5.74, 6) is -0.245. The molecule has 10 nitrogen and oxygen atoms in total. The second kappa shape index (κ2) is 8.80. The van der Waals surface area contributed by atoms with Gasteiger partial charge in [-0.3, -0.25) is 4.79 Å². The van der Waals surface area contributed by atoms with Crippen molar-refractivity contribution in [2.75, 3.05) is 13.2 Å². The van der Waals surface area contributed by atoms with Gasteiger partial charge in [-0.15, -0.1) is 0 Å². The third kappa shape index (κ3) is 4.73. The minimum Gasteiger partial charge on any atom is -0.394 e. The number of Topliss-reactive ketones (excluding diaryl/α,β-unsaturated/α-hetero) is 1. The van der Waals surface area contributed by atoms with Gasteiger partial charge >= 0.3 is 0 Å². The highest BCUT2D eigenvalue weighted by Gasteiger charge is 2.47. The zero-order valence-corrected chi connectivity index (χ0v) is 13.8. The Morgan fingerprint density at radius 1 is 0.960 bits per heavy atom. The van der Waals surface area contributed by atoms with Crippen LogP contribution in [0.3, 0.4) is 0 Å². The van der Waals surface area contributed by atoms with Crippen molar-refractivity contribution in [3.05, 3.63) is 0 Å². The summed E-state index contributed by atoms with van der Waals surface area (Å²) in [5, 5.41) is 58.6. The summed E-state index contributed by atoms with van der Waals surface area (Å²) in [4.78, 5) is 11.2. The standard InChI is InChI=1S/C15H26O10/c1-6(18)2-8-13(21)14(22)15(10(5-17)23-8)25-11-3-7(19)12(20)9(4-16)24-11/h7-17,19-22H,2-5H2,1H3/t7-,8+,9-,10-,11+,12-,13+,14-,15-/m1/s1. The van der Waals surface area contributed by atoms with Crippen LogP contribution in [-0.4, -0.2) is 105 Å². The highest BCUT2D eigenvalue weighted by atomic mass is 16.7. The number of carbonyl (C=O) groups excluding carboxylic acids is 1. The second-order valence-electron chi connectivity index (χ2n) is 6.46. The van der Waals surface area contributed by atoms with E-state index in [4.69, 9.17) is 14.2 Å². The van der Waals surface area contributed by atoms with E-state index in [1.807, 2.05) is 0 Å². The molecule has 2 fully saturated rings. The van der Waals surface area contributed by atoms with Crippen molar-refractivity contribution in [1.29, 1.82) is 0 Å². The molecule has 25 heavy (non-hydrogen) atoms. The van der Waals surface area contributed by atoms with Crippen LogP contribution >= 0.6 is 0 Å². The summed E-state index contributed by atoms with van der Waals surface area (Å²) in [5.41, 5.74) is 0. The minimum atomic E-state index is -1.46. The molecule has 0 amide bonds. The van der Waals surface area contributed by atoms with Crippen LogP contribution in [0.25, 0.3) is 0 Å². The smallest absolute Gasteiger partial charge is 0.161 e. The van der Waals surface area contributed by atoms with Gasteiger partial charge in [0.1, 0.15) is 42.4 Å². The monoisotopic (exact) mass is 366 g/mol. The number of ketones is 1. The number of hydrogen-bond acceptors (Lipinski definition) is 10. The largest absolute Gasteiger partial charge is 0.394 e. The Labute approximate surface area is 144 Å². The normalized spacial score (nSPS) is 45.3. The first kappa shape index (κ1) is 20.6. The highest BCUT2D eigenvalue weighted by Crippen LogP contribution is 2.29. The van der Waals surface area contributed by atoms with Crippen molar-refractivity contribution in [2.45, 2.75) is 74.9 Å². The zero-order chi connectivity index (χ0) is 18.7. The predicted octanol–water partition coefficient (Wildman–Crippen LogP) is -3.34. The van der Waals surface area contributed by atoms with Crippen molar-refractivity contribution in [1.82, 2.24) is 0 Å². The first-order chi connectivity index (χ1) is 11.8. The van der Waals surface area contributed by atoms with Crippen LogP contribution in [0.4, 0.5) is 0 Å². The Morgan fingerprint density at radius 3 is 2.16 bits per heavy atom. The van der Waals surface area contributed by atoms with Gasteiger partial charge in [0, 0.05) is 12.8 Å². The molecule has 0 aliphatic carbocycles. The van der Waals surface area contributed by atoms with Gasteiger partial charge in [0.25, 0.3) is 0 Å². The molecule has 0 bridgehead atoms. The average molecular weight is 366 g/mol. The molecule has 146 valence electrons. The Kier molecular flexibility index (Phi) is 7.26. The van der Waals surface area contributed by atoms with Crippen molar-refractivity contribution in [3.63, 3.8) is 0 Å². The van der Waals surface area contributed by atoms with Gasteiger partial charge in [-0.05, 0) is 6.92 Å². The number of carbonyl (C=O) groups is 1. The lowest BCUT2D eigenvalue weighted by atomic mass is 9.92. The molecule has 2 aliphatic heterocycles. The third-order valence-electron chi connectivity index (χ3n) is 4.48. The molecule has 0 spiro atoms. The molecule has 2 saturated heterocycles. The fourth-order valence-electron chi connectivity index (χ4n) is 3.11. The molecule has 10 heteroatoms. The first-order valence-electron chi connectivity index (χ1n) is 8.18. The van der Waals surface area contributed by atoms with Crippen molar-refractivity contribution in [2.24, 2.45) is 0 Å². The zero-order valence-electron chi connectivity index (χ0n) is 13.8. The lowest BCUT2D eigenvalue weighted by Gasteiger charge is -2.44. The lowest BCUT2D eigenvalue weighted by Crippen LogP contribution is -2.61. The van der Waals surface area contributed by atoms with E-state index >= 15 is 0 Å². The van der Waals surface area contributed by atoms with E-state index in [0.717, 1.165) is 0 Å². The Hall–Kier alpha value is -0.690. The molecule has 0 saturated carbocycles. The van der Waals surface area contributed by atoms with E-state index in [-0.39, 0.29) is 18.6 Å². The number of hydrogen-bond donors (Lipinski definition) is 6. The third-order valence-corrected chi connectivity index (χ3v) is 4.48. The van der Waals surface area contributed by atoms with Gasteiger partial charge in [0.05, 0.1) is 25.4 Å². The van der Waals surface area contributed by atoms with Crippen LogP contribution in [0.15, 0.2) is 0 Å². The van der Waals surface area contributed by atoms with Crippen molar-refractivity contribution in [3.8, 4) is 0 Å². The molecule has 9 atom stereocenters. The topological polar surface area (TPSA) is 166 Å². The summed E-state index contributed by atoms with van der Waals surface area (Å²) < 4.78 is 16.3. The van der Waals surface area contributed by atoms with Gasteiger partial charge in [-0.25, -0.2) is 0 Å². The maximum absolute atomic E-state index is 11.2. The number of ether oxygens (including phenoxy) is 3. The van der Waals surface area contributed by atoms with E-state index in [0.29, 0.717) is 0 Å². The van der Waals surface area contributed by atoms with Crippen LogP contribution in [0, 0.1) is 0 Å². The lowest BCUT2D eigenvalue weighted by molar-refractivity contribution is -0.315.